The van der Waals surface area contributed by atoms with Crippen LogP contribution in [0.15, 0.2) is 30.3 Å². The van der Waals surface area contributed by atoms with Crippen LogP contribution in [0.25, 0.3) is 0 Å². The first-order chi connectivity index (χ1) is 12.2. The number of hydrogen-bond acceptors (Lipinski definition) is 2. The smallest absolute Gasteiger partial charge is 0.228 e. The Bertz CT molecular complexity index is 534. The number of nitrogens with one attached hydrogen (secondary N) is 1. The number of carbonyl (C=O) groups is 1. The van der Waals surface area contributed by atoms with Gasteiger partial charge in [0.25, 0.3) is 0 Å². The summed E-state index contributed by atoms with van der Waals surface area (Å²) in [4.78, 5) is 14.3. The number of β-lactam (4-membered cyclic amide) rings is 1. The van der Waals surface area contributed by atoms with Gasteiger partial charge in [-0.15, -0.1) is 0 Å². The third kappa shape index (κ3) is 4.84. The van der Waals surface area contributed by atoms with Crippen LogP contribution in [-0.2, 0) is 11.3 Å². The van der Waals surface area contributed by atoms with Crippen molar-refractivity contribution in [3.05, 3.63) is 35.9 Å². The summed E-state index contributed by atoms with van der Waals surface area (Å²) in [5.41, 5.74) is 1.47. The Labute approximate surface area is 153 Å². The fraction of sp³-hybridized carbons (Fsp3) is 0.682. The second-order valence-corrected chi connectivity index (χ2v) is 8.11. The molecular formula is C22H34N2O. The second kappa shape index (κ2) is 8.84. The van der Waals surface area contributed by atoms with Crippen molar-refractivity contribution in [1.82, 2.24) is 10.2 Å². The van der Waals surface area contributed by atoms with Gasteiger partial charge in [-0.3, -0.25) is 9.69 Å². The average Bonchev–Trinajstić information content (AvgIpc) is 2.67. The van der Waals surface area contributed by atoms with Gasteiger partial charge in [-0.1, -0.05) is 56.5 Å². The number of nitrogens with zero attached hydrogens (tertiary/aromatic N) is 1. The molecule has 0 aromatic heterocycles. The topological polar surface area (TPSA) is 32.3 Å². The van der Waals surface area contributed by atoms with Gasteiger partial charge in [0.1, 0.15) is 0 Å². The van der Waals surface area contributed by atoms with Crippen molar-refractivity contribution in [2.24, 2.45) is 11.3 Å². The fourth-order valence-electron chi connectivity index (χ4n) is 4.47. The largest absolute Gasteiger partial charge is 0.354 e. The Kier molecular flexibility index (Phi) is 6.52. The Morgan fingerprint density at radius 2 is 1.88 bits per heavy atom. The van der Waals surface area contributed by atoms with Crippen LogP contribution in [0.4, 0.5) is 0 Å². The second-order valence-electron chi connectivity index (χ2n) is 8.11. The molecule has 138 valence electrons. The molecule has 0 atom stereocenters. The van der Waals surface area contributed by atoms with Gasteiger partial charge in [0.15, 0.2) is 0 Å². The molecule has 1 saturated carbocycles. The Morgan fingerprint density at radius 1 is 1.12 bits per heavy atom. The molecule has 3 rings (SSSR count). The molecule has 1 spiro atoms. The van der Waals surface area contributed by atoms with E-state index in [9.17, 15) is 4.79 Å². The quantitative estimate of drug-likeness (QED) is 0.534. The van der Waals surface area contributed by atoms with Gasteiger partial charge in [0.2, 0.25) is 5.91 Å². The summed E-state index contributed by atoms with van der Waals surface area (Å²) in [5.74, 6) is 1.19. The number of unbranched alkanes of at least 4 members (excludes halogenated alkanes) is 2. The van der Waals surface area contributed by atoms with Gasteiger partial charge in [0.05, 0.1) is 5.41 Å². The van der Waals surface area contributed by atoms with Crippen LogP contribution >= 0.6 is 0 Å². The van der Waals surface area contributed by atoms with Crippen molar-refractivity contribution < 1.29 is 4.79 Å². The van der Waals surface area contributed by atoms with Gasteiger partial charge in [0, 0.05) is 13.1 Å². The van der Waals surface area contributed by atoms with E-state index in [1.54, 1.807) is 0 Å². The Balaban J connectivity index is 1.26. The molecule has 0 bridgehead atoms. The third-order valence-corrected chi connectivity index (χ3v) is 6.41. The van der Waals surface area contributed by atoms with Crippen molar-refractivity contribution in [3.8, 4) is 0 Å². The van der Waals surface area contributed by atoms with E-state index in [4.69, 9.17) is 0 Å². The lowest BCUT2D eigenvalue weighted by Crippen LogP contribution is -2.60. The zero-order chi connectivity index (χ0) is 17.5. The molecule has 3 nitrogen and oxygen atoms in total. The first-order valence-corrected chi connectivity index (χ1v) is 10.3. The third-order valence-electron chi connectivity index (χ3n) is 6.41. The highest BCUT2D eigenvalue weighted by Gasteiger charge is 2.47. The van der Waals surface area contributed by atoms with Crippen LogP contribution in [0.2, 0.25) is 0 Å². The molecular weight excluding hydrogens is 308 g/mol. The van der Waals surface area contributed by atoms with Gasteiger partial charge in [-0.05, 0) is 56.7 Å². The molecule has 1 amide bonds. The van der Waals surface area contributed by atoms with E-state index in [1.165, 1.54) is 50.6 Å². The summed E-state index contributed by atoms with van der Waals surface area (Å²) in [6, 6.07) is 10.8. The van der Waals surface area contributed by atoms with Crippen molar-refractivity contribution >= 4 is 5.91 Å². The SMILES string of the molecule is CCN(CCCCCC1CCC2(CC1)CNC2=O)Cc1ccccc1. The predicted octanol–water partition coefficient (Wildman–Crippen LogP) is 4.38. The molecule has 0 radical (unpaired) electrons. The highest BCUT2D eigenvalue weighted by Crippen LogP contribution is 2.43. The maximum absolute atomic E-state index is 11.7. The molecule has 1 N–H and O–H groups in total. The monoisotopic (exact) mass is 342 g/mol. The van der Waals surface area contributed by atoms with Crippen molar-refractivity contribution in [2.45, 2.75) is 64.8 Å². The molecule has 2 aliphatic rings. The van der Waals surface area contributed by atoms with Crippen LogP contribution in [-0.4, -0.2) is 30.4 Å². The zero-order valence-electron chi connectivity index (χ0n) is 15.8. The minimum Gasteiger partial charge on any atom is -0.354 e. The minimum absolute atomic E-state index is 0.0512. The predicted molar refractivity (Wildman–Crippen MR) is 103 cm³/mol. The molecule has 25 heavy (non-hydrogen) atoms. The highest BCUT2D eigenvalue weighted by molar-refractivity contribution is 5.88. The number of amides is 1. The van der Waals surface area contributed by atoms with E-state index in [-0.39, 0.29) is 5.41 Å². The lowest BCUT2D eigenvalue weighted by atomic mass is 9.65. The van der Waals surface area contributed by atoms with Crippen LogP contribution < -0.4 is 5.32 Å². The normalized spacial score (nSPS) is 25.8. The molecule has 2 fully saturated rings. The van der Waals surface area contributed by atoms with Crippen LogP contribution in [0, 0.1) is 11.3 Å². The fourth-order valence-corrected chi connectivity index (χ4v) is 4.47. The average molecular weight is 343 g/mol. The molecule has 1 heterocycles. The summed E-state index contributed by atoms with van der Waals surface area (Å²) >= 11 is 0. The van der Waals surface area contributed by atoms with E-state index in [1.807, 2.05) is 0 Å². The molecule has 1 aliphatic heterocycles. The van der Waals surface area contributed by atoms with Crippen molar-refractivity contribution in [1.29, 1.82) is 0 Å². The first kappa shape index (κ1) is 18.4. The molecule has 1 aliphatic carbocycles. The lowest BCUT2D eigenvalue weighted by molar-refractivity contribution is -0.143. The Hall–Kier alpha value is -1.35. The zero-order valence-corrected chi connectivity index (χ0v) is 15.8. The summed E-state index contributed by atoms with van der Waals surface area (Å²) in [6.07, 6.45) is 10.2. The van der Waals surface area contributed by atoms with E-state index in [0.29, 0.717) is 5.91 Å². The maximum atomic E-state index is 11.7. The van der Waals surface area contributed by atoms with E-state index < -0.39 is 0 Å². The summed E-state index contributed by atoms with van der Waals surface area (Å²) in [6.45, 7) is 6.61. The van der Waals surface area contributed by atoms with E-state index in [0.717, 1.165) is 38.4 Å². The molecule has 0 unspecified atom stereocenters. The number of hydrogen-bond donors (Lipinski definition) is 1. The van der Waals surface area contributed by atoms with E-state index >= 15 is 0 Å². The van der Waals surface area contributed by atoms with Crippen molar-refractivity contribution in [3.63, 3.8) is 0 Å². The summed E-state index contributed by atoms with van der Waals surface area (Å²) in [5, 5.41) is 2.93. The van der Waals surface area contributed by atoms with E-state index in [2.05, 4.69) is 47.5 Å². The lowest BCUT2D eigenvalue weighted by Gasteiger charge is -2.45. The maximum Gasteiger partial charge on any atom is 0.228 e. The minimum atomic E-state index is 0.0512. The highest BCUT2D eigenvalue weighted by atomic mass is 16.2. The van der Waals surface area contributed by atoms with Crippen LogP contribution in [0.5, 0.6) is 0 Å². The van der Waals surface area contributed by atoms with Gasteiger partial charge in [-0.25, -0.2) is 0 Å². The molecule has 1 aromatic rings. The molecule has 1 aromatic carbocycles. The van der Waals surface area contributed by atoms with Gasteiger partial charge >= 0.3 is 0 Å². The van der Waals surface area contributed by atoms with Crippen molar-refractivity contribution in [2.75, 3.05) is 19.6 Å². The standard InChI is InChI=1S/C22H34N2O/c1-2-24(17-20-10-5-3-6-11-20)16-8-4-7-9-19-12-14-22(15-13-19)18-23-21(22)25/h3,5-6,10-11,19H,2,4,7-9,12-18H2,1H3,(H,23,25). The Morgan fingerprint density at radius 3 is 2.48 bits per heavy atom. The first-order valence-electron chi connectivity index (χ1n) is 10.3. The molecule has 3 heteroatoms. The number of rotatable bonds is 9. The van der Waals surface area contributed by atoms with Gasteiger partial charge < -0.3 is 5.32 Å². The van der Waals surface area contributed by atoms with Crippen LogP contribution in [0.1, 0.15) is 63.9 Å². The number of benzene rings is 1. The summed E-state index contributed by atoms with van der Waals surface area (Å²) < 4.78 is 0. The summed E-state index contributed by atoms with van der Waals surface area (Å²) in [7, 11) is 0. The van der Waals surface area contributed by atoms with Gasteiger partial charge in [-0.2, -0.15) is 0 Å². The number of carbonyl (C=O) groups excluding carboxylic acids is 1. The van der Waals surface area contributed by atoms with Crippen LogP contribution in [0.3, 0.4) is 0 Å². The molecule has 1 saturated heterocycles.